The van der Waals surface area contributed by atoms with E-state index in [-0.39, 0.29) is 22.5 Å². The SMILES string of the molecule is Cc1coc2c1c(OC(=O)c1cccnc1)c(OC(=O)c1cccnc1)c1c3c(ccc12)C(C)(C)CCC3. The van der Waals surface area contributed by atoms with E-state index in [1.807, 2.05) is 13.0 Å². The molecule has 7 nitrogen and oxygen atoms in total. The van der Waals surface area contributed by atoms with Crippen LogP contribution in [0.1, 0.15) is 64.1 Å². The summed E-state index contributed by atoms with van der Waals surface area (Å²) in [7, 11) is 0. The molecule has 190 valence electrons. The smallest absolute Gasteiger partial charge is 0.345 e. The lowest BCUT2D eigenvalue weighted by Gasteiger charge is -2.33. The number of carbonyl (C=O) groups excluding carboxylic acids is 2. The molecular weight excluding hydrogens is 480 g/mol. The topological polar surface area (TPSA) is 91.5 Å². The molecule has 0 saturated heterocycles. The number of hydrogen-bond donors (Lipinski definition) is 0. The van der Waals surface area contributed by atoms with Crippen LogP contribution in [-0.4, -0.2) is 21.9 Å². The minimum absolute atomic E-state index is 0.0625. The molecule has 0 fully saturated rings. The number of rotatable bonds is 4. The number of carbonyl (C=O) groups is 2. The van der Waals surface area contributed by atoms with Gasteiger partial charge in [-0.3, -0.25) is 9.97 Å². The van der Waals surface area contributed by atoms with E-state index in [0.29, 0.717) is 16.5 Å². The number of pyridine rings is 2. The maximum absolute atomic E-state index is 13.4. The van der Waals surface area contributed by atoms with Gasteiger partial charge in [-0.15, -0.1) is 0 Å². The predicted molar refractivity (Wildman–Crippen MR) is 143 cm³/mol. The number of aromatic nitrogens is 2. The summed E-state index contributed by atoms with van der Waals surface area (Å²) < 4.78 is 18.2. The standard InChI is InChI=1S/C31H26N2O5/c1-18-17-36-26-22-10-11-23-21(9-4-12-31(23,2)3)25(22)28(38-30(35)20-8-6-14-33-16-20)27(24(18)26)37-29(34)19-7-5-13-32-15-19/h5-8,10-11,13-17H,4,9,12H2,1-3H3. The molecule has 0 unspecified atom stereocenters. The van der Waals surface area contributed by atoms with Gasteiger partial charge in [0.15, 0.2) is 11.5 Å². The fraction of sp³-hybridized carbons (Fsp3) is 0.226. The van der Waals surface area contributed by atoms with E-state index in [1.54, 1.807) is 42.9 Å². The average molecular weight is 507 g/mol. The van der Waals surface area contributed by atoms with Gasteiger partial charge in [-0.25, -0.2) is 9.59 Å². The highest BCUT2D eigenvalue weighted by atomic mass is 16.6. The van der Waals surface area contributed by atoms with Crippen molar-refractivity contribution in [2.24, 2.45) is 0 Å². The van der Waals surface area contributed by atoms with Crippen molar-refractivity contribution >= 4 is 33.7 Å². The molecule has 0 amide bonds. The molecule has 7 heteroatoms. The highest BCUT2D eigenvalue weighted by molar-refractivity contribution is 6.15. The van der Waals surface area contributed by atoms with Crippen molar-refractivity contribution in [3.05, 3.63) is 95.3 Å². The summed E-state index contributed by atoms with van der Waals surface area (Å²) in [5, 5.41) is 2.11. The highest BCUT2D eigenvalue weighted by Gasteiger charge is 2.33. The normalized spacial score (nSPS) is 14.3. The third kappa shape index (κ3) is 3.91. The van der Waals surface area contributed by atoms with Gasteiger partial charge < -0.3 is 13.9 Å². The Balaban J connectivity index is 1.66. The lowest BCUT2D eigenvalue weighted by Crippen LogP contribution is -2.24. The summed E-state index contributed by atoms with van der Waals surface area (Å²) in [6, 6.07) is 10.8. The summed E-state index contributed by atoms with van der Waals surface area (Å²) in [4.78, 5) is 34.8. The van der Waals surface area contributed by atoms with Crippen molar-refractivity contribution in [3.8, 4) is 11.5 Å². The Labute approximate surface area is 219 Å². The fourth-order valence-electron chi connectivity index (χ4n) is 5.45. The second-order valence-corrected chi connectivity index (χ2v) is 10.3. The van der Waals surface area contributed by atoms with E-state index in [0.717, 1.165) is 41.2 Å². The van der Waals surface area contributed by atoms with Crippen LogP contribution in [0.2, 0.25) is 0 Å². The van der Waals surface area contributed by atoms with Crippen LogP contribution < -0.4 is 9.47 Å². The van der Waals surface area contributed by atoms with Crippen LogP contribution in [0.5, 0.6) is 11.5 Å². The number of benzene rings is 2. The van der Waals surface area contributed by atoms with Crippen LogP contribution in [0.3, 0.4) is 0 Å². The maximum Gasteiger partial charge on any atom is 0.345 e. The molecule has 3 heterocycles. The number of furan rings is 1. The van der Waals surface area contributed by atoms with Gasteiger partial charge in [0.1, 0.15) is 5.58 Å². The van der Waals surface area contributed by atoms with Crippen LogP contribution in [0.4, 0.5) is 0 Å². The second-order valence-electron chi connectivity index (χ2n) is 10.3. The number of nitrogens with zero attached hydrogens (tertiary/aromatic N) is 2. The van der Waals surface area contributed by atoms with E-state index >= 15 is 0 Å². The molecule has 3 aromatic heterocycles. The highest BCUT2D eigenvalue weighted by Crippen LogP contribution is 2.50. The van der Waals surface area contributed by atoms with Crippen LogP contribution in [0, 0.1) is 6.92 Å². The Morgan fingerprint density at radius 2 is 1.53 bits per heavy atom. The van der Waals surface area contributed by atoms with Crippen molar-refractivity contribution in [1.29, 1.82) is 0 Å². The molecule has 0 spiro atoms. The molecule has 0 bridgehead atoms. The molecule has 2 aromatic carbocycles. The van der Waals surface area contributed by atoms with Gasteiger partial charge in [-0.2, -0.15) is 0 Å². The predicted octanol–water partition coefficient (Wildman–Crippen LogP) is 6.74. The quantitative estimate of drug-likeness (QED) is 0.197. The van der Waals surface area contributed by atoms with Crippen LogP contribution in [0.25, 0.3) is 21.7 Å². The molecule has 6 rings (SSSR count). The van der Waals surface area contributed by atoms with Crippen molar-refractivity contribution in [2.75, 3.05) is 0 Å². The van der Waals surface area contributed by atoms with E-state index in [2.05, 4.69) is 29.9 Å². The Hall–Kier alpha value is -4.52. The Morgan fingerprint density at radius 1 is 0.895 bits per heavy atom. The summed E-state index contributed by atoms with van der Waals surface area (Å²) >= 11 is 0. The average Bonchev–Trinajstić information content (AvgIpc) is 3.32. The Bertz CT molecular complexity index is 1710. The summed E-state index contributed by atoms with van der Waals surface area (Å²) in [6.45, 7) is 6.31. The molecular formula is C31H26N2O5. The largest absolute Gasteiger partial charge is 0.463 e. The summed E-state index contributed by atoms with van der Waals surface area (Å²) in [5.74, 6) is -0.839. The maximum atomic E-state index is 13.4. The van der Waals surface area contributed by atoms with Crippen molar-refractivity contribution in [3.63, 3.8) is 0 Å². The van der Waals surface area contributed by atoms with Crippen molar-refractivity contribution in [1.82, 2.24) is 9.97 Å². The monoisotopic (exact) mass is 506 g/mol. The Kier molecular flexibility index (Phi) is 5.71. The molecule has 0 saturated carbocycles. The van der Waals surface area contributed by atoms with E-state index in [9.17, 15) is 9.59 Å². The molecule has 0 atom stereocenters. The van der Waals surface area contributed by atoms with Gasteiger partial charge in [0, 0.05) is 35.6 Å². The molecule has 0 N–H and O–H groups in total. The van der Waals surface area contributed by atoms with Gasteiger partial charge in [0.25, 0.3) is 0 Å². The van der Waals surface area contributed by atoms with Gasteiger partial charge in [0.05, 0.1) is 22.8 Å². The van der Waals surface area contributed by atoms with Gasteiger partial charge in [-0.05, 0) is 72.6 Å². The molecule has 38 heavy (non-hydrogen) atoms. The molecule has 5 aromatic rings. The zero-order chi connectivity index (χ0) is 26.4. The number of fused-ring (bicyclic) bond motifs is 5. The van der Waals surface area contributed by atoms with Gasteiger partial charge in [0.2, 0.25) is 0 Å². The van der Waals surface area contributed by atoms with E-state index < -0.39 is 11.9 Å². The zero-order valence-corrected chi connectivity index (χ0v) is 21.4. The minimum atomic E-state index is -0.608. The number of ether oxygens (including phenoxy) is 2. The fourth-order valence-corrected chi connectivity index (χ4v) is 5.45. The van der Waals surface area contributed by atoms with Crippen LogP contribution >= 0.6 is 0 Å². The van der Waals surface area contributed by atoms with Crippen LogP contribution in [-0.2, 0) is 11.8 Å². The van der Waals surface area contributed by atoms with E-state index in [1.165, 1.54) is 18.0 Å². The van der Waals surface area contributed by atoms with Gasteiger partial charge in [-0.1, -0.05) is 26.0 Å². The minimum Gasteiger partial charge on any atom is -0.463 e. The number of esters is 2. The first-order chi connectivity index (χ1) is 18.3. The first-order valence-corrected chi connectivity index (χ1v) is 12.6. The third-order valence-electron chi connectivity index (χ3n) is 7.33. The Morgan fingerprint density at radius 3 is 2.13 bits per heavy atom. The lowest BCUT2D eigenvalue weighted by molar-refractivity contribution is 0.0686. The van der Waals surface area contributed by atoms with Crippen LogP contribution in [0.15, 0.2) is 71.9 Å². The molecule has 1 aliphatic rings. The van der Waals surface area contributed by atoms with Gasteiger partial charge >= 0.3 is 11.9 Å². The van der Waals surface area contributed by atoms with Crippen molar-refractivity contribution < 1.29 is 23.5 Å². The molecule has 0 aliphatic heterocycles. The first kappa shape index (κ1) is 23.9. The van der Waals surface area contributed by atoms with E-state index in [4.69, 9.17) is 13.9 Å². The zero-order valence-electron chi connectivity index (χ0n) is 21.4. The number of aryl methyl sites for hydroxylation is 2. The summed E-state index contributed by atoms with van der Waals surface area (Å²) in [5.41, 5.74) is 4.10. The molecule has 0 radical (unpaired) electrons. The lowest BCUT2D eigenvalue weighted by atomic mass is 9.71. The first-order valence-electron chi connectivity index (χ1n) is 12.6. The second kappa shape index (κ2) is 9.10. The third-order valence-corrected chi connectivity index (χ3v) is 7.33. The number of hydrogen-bond acceptors (Lipinski definition) is 7. The molecule has 1 aliphatic carbocycles. The summed E-state index contributed by atoms with van der Waals surface area (Å²) in [6.07, 6.45) is 10.5. The van der Waals surface area contributed by atoms with Crippen molar-refractivity contribution in [2.45, 2.75) is 45.4 Å².